The van der Waals surface area contributed by atoms with E-state index in [-0.39, 0.29) is 32.0 Å². The first-order valence-corrected chi connectivity index (χ1v) is 8.11. The van der Waals surface area contributed by atoms with Gasteiger partial charge in [0.1, 0.15) is 13.2 Å². The molecule has 0 aromatic heterocycles. The number of hydrogen-bond donors (Lipinski definition) is 2. The number of rotatable bonds is 8. The summed E-state index contributed by atoms with van der Waals surface area (Å²) >= 11 is 0. The van der Waals surface area contributed by atoms with Gasteiger partial charge < -0.3 is 9.47 Å². The third-order valence-electron chi connectivity index (χ3n) is 3.99. The van der Waals surface area contributed by atoms with Gasteiger partial charge in [-0.2, -0.15) is 0 Å². The van der Waals surface area contributed by atoms with Crippen LogP contribution < -0.4 is 10.6 Å². The third-order valence-corrected chi connectivity index (χ3v) is 3.99. The SMILES string of the molecule is CCC(=O)NC(=O)OCC(C)(COC(=O)NC(=O)CC)[C@@H](C)CC. The molecular weight excluding hydrogens is 316 g/mol. The molecule has 0 aliphatic heterocycles. The first-order chi connectivity index (χ1) is 11.2. The van der Waals surface area contributed by atoms with Crippen molar-refractivity contribution in [2.24, 2.45) is 11.3 Å². The fourth-order valence-corrected chi connectivity index (χ4v) is 1.76. The topological polar surface area (TPSA) is 111 Å². The van der Waals surface area contributed by atoms with Crippen molar-refractivity contribution in [2.45, 2.75) is 53.9 Å². The summed E-state index contributed by atoms with van der Waals surface area (Å²) in [6.45, 7) is 8.90. The quantitative estimate of drug-likeness (QED) is 0.699. The highest BCUT2D eigenvalue weighted by Crippen LogP contribution is 2.30. The maximum absolute atomic E-state index is 11.6. The van der Waals surface area contributed by atoms with Crippen LogP contribution in [0.1, 0.15) is 53.9 Å². The number of carbonyl (C=O) groups is 4. The van der Waals surface area contributed by atoms with Gasteiger partial charge in [-0.25, -0.2) is 9.59 Å². The number of amides is 4. The van der Waals surface area contributed by atoms with Gasteiger partial charge in [0.25, 0.3) is 0 Å². The van der Waals surface area contributed by atoms with Crippen LogP contribution in [-0.2, 0) is 19.1 Å². The summed E-state index contributed by atoms with van der Waals surface area (Å²) in [5.41, 5.74) is -0.645. The first kappa shape index (κ1) is 21.9. The Hall–Kier alpha value is -2.12. The van der Waals surface area contributed by atoms with Crippen molar-refractivity contribution in [1.29, 1.82) is 0 Å². The minimum absolute atomic E-state index is 0.0279. The molecule has 0 heterocycles. The molecule has 24 heavy (non-hydrogen) atoms. The van der Waals surface area contributed by atoms with E-state index >= 15 is 0 Å². The van der Waals surface area contributed by atoms with E-state index in [0.717, 1.165) is 6.42 Å². The highest BCUT2D eigenvalue weighted by molar-refractivity contribution is 5.92. The number of hydrogen-bond acceptors (Lipinski definition) is 6. The second-order valence-corrected chi connectivity index (χ2v) is 5.92. The molecule has 0 saturated carbocycles. The average Bonchev–Trinajstić information content (AvgIpc) is 2.56. The largest absolute Gasteiger partial charge is 0.449 e. The zero-order valence-corrected chi connectivity index (χ0v) is 15.1. The molecule has 0 bridgehead atoms. The van der Waals surface area contributed by atoms with Crippen LogP contribution in [0, 0.1) is 11.3 Å². The standard InChI is InChI=1S/C16H28N2O6/c1-6-11(4)16(5,9-23-14(21)17-12(19)7-2)10-24-15(22)18-13(20)8-3/h11H,6-10H2,1-5H3,(H,17,19,21)(H,18,20,22)/t11-/m0/s1. The Labute approximate surface area is 142 Å². The van der Waals surface area contributed by atoms with Crippen molar-refractivity contribution in [2.75, 3.05) is 13.2 Å². The Kier molecular flexibility index (Phi) is 9.68. The summed E-state index contributed by atoms with van der Waals surface area (Å²) in [5.74, 6) is -0.792. The molecule has 8 heteroatoms. The van der Waals surface area contributed by atoms with Crippen LogP contribution in [0.25, 0.3) is 0 Å². The van der Waals surface area contributed by atoms with E-state index < -0.39 is 29.4 Å². The van der Waals surface area contributed by atoms with Crippen molar-refractivity contribution in [3.8, 4) is 0 Å². The van der Waals surface area contributed by atoms with Gasteiger partial charge in [-0.05, 0) is 5.92 Å². The lowest BCUT2D eigenvalue weighted by Crippen LogP contribution is -2.41. The molecule has 0 saturated heterocycles. The van der Waals surface area contributed by atoms with Crippen molar-refractivity contribution >= 4 is 24.0 Å². The van der Waals surface area contributed by atoms with Crippen LogP contribution >= 0.6 is 0 Å². The Morgan fingerprint density at radius 3 is 1.54 bits per heavy atom. The minimum atomic E-state index is -0.831. The molecule has 8 nitrogen and oxygen atoms in total. The summed E-state index contributed by atoms with van der Waals surface area (Å²) in [5, 5.41) is 4.19. The van der Waals surface area contributed by atoms with Crippen LogP contribution in [0.15, 0.2) is 0 Å². The smallest absolute Gasteiger partial charge is 0.413 e. The summed E-state index contributed by atoms with van der Waals surface area (Å²) in [7, 11) is 0. The monoisotopic (exact) mass is 344 g/mol. The summed E-state index contributed by atoms with van der Waals surface area (Å²) < 4.78 is 10.2. The molecule has 1 atom stereocenters. The van der Waals surface area contributed by atoms with Gasteiger partial charge in [0, 0.05) is 18.3 Å². The molecule has 0 rings (SSSR count). The van der Waals surface area contributed by atoms with E-state index in [4.69, 9.17) is 9.47 Å². The van der Waals surface area contributed by atoms with Gasteiger partial charge >= 0.3 is 12.2 Å². The highest BCUT2D eigenvalue weighted by Gasteiger charge is 2.34. The lowest BCUT2D eigenvalue weighted by molar-refractivity contribution is -0.121. The van der Waals surface area contributed by atoms with Gasteiger partial charge in [-0.3, -0.25) is 20.2 Å². The maximum atomic E-state index is 11.6. The predicted octanol–water partition coefficient (Wildman–Crippen LogP) is 2.36. The van der Waals surface area contributed by atoms with Gasteiger partial charge in [0.05, 0.1) is 0 Å². The molecule has 0 spiro atoms. The van der Waals surface area contributed by atoms with Crippen molar-refractivity contribution in [3.63, 3.8) is 0 Å². The summed E-state index contributed by atoms with van der Waals surface area (Å²) in [6, 6.07) is 0. The Balaban J connectivity index is 4.66. The van der Waals surface area contributed by atoms with Crippen LogP contribution in [0.4, 0.5) is 9.59 Å². The number of imide groups is 2. The van der Waals surface area contributed by atoms with Crippen molar-refractivity contribution in [3.05, 3.63) is 0 Å². The molecule has 0 aromatic rings. The predicted molar refractivity (Wildman–Crippen MR) is 87.1 cm³/mol. The molecular formula is C16H28N2O6. The Bertz CT molecular complexity index is 429. The number of carbonyl (C=O) groups excluding carboxylic acids is 4. The minimum Gasteiger partial charge on any atom is -0.449 e. The van der Waals surface area contributed by atoms with Crippen LogP contribution in [0.5, 0.6) is 0 Å². The molecule has 0 fully saturated rings. The number of ether oxygens (including phenoxy) is 2. The zero-order chi connectivity index (χ0) is 18.8. The van der Waals surface area contributed by atoms with Crippen LogP contribution in [0.2, 0.25) is 0 Å². The van der Waals surface area contributed by atoms with Crippen molar-refractivity contribution < 1.29 is 28.7 Å². The van der Waals surface area contributed by atoms with E-state index in [1.54, 1.807) is 13.8 Å². The molecule has 0 aromatic carbocycles. The molecule has 0 aliphatic carbocycles. The molecule has 138 valence electrons. The highest BCUT2D eigenvalue weighted by atomic mass is 16.6. The fourth-order valence-electron chi connectivity index (χ4n) is 1.76. The van der Waals surface area contributed by atoms with E-state index in [9.17, 15) is 19.2 Å². The van der Waals surface area contributed by atoms with E-state index in [2.05, 4.69) is 10.6 Å². The van der Waals surface area contributed by atoms with Crippen LogP contribution in [-0.4, -0.2) is 37.2 Å². The Morgan fingerprint density at radius 1 is 0.875 bits per heavy atom. The van der Waals surface area contributed by atoms with E-state index in [0.29, 0.717) is 0 Å². The lowest BCUT2D eigenvalue weighted by atomic mass is 9.78. The second-order valence-electron chi connectivity index (χ2n) is 5.92. The van der Waals surface area contributed by atoms with Crippen LogP contribution in [0.3, 0.4) is 0 Å². The lowest BCUT2D eigenvalue weighted by Gasteiger charge is -2.33. The van der Waals surface area contributed by atoms with E-state index in [1.165, 1.54) is 0 Å². The summed E-state index contributed by atoms with van der Waals surface area (Å²) in [4.78, 5) is 45.5. The molecule has 0 radical (unpaired) electrons. The normalized spacial score (nSPS) is 12.0. The first-order valence-electron chi connectivity index (χ1n) is 8.11. The zero-order valence-electron chi connectivity index (χ0n) is 15.1. The number of nitrogens with one attached hydrogen (secondary N) is 2. The van der Waals surface area contributed by atoms with Gasteiger partial charge in [-0.1, -0.05) is 41.0 Å². The molecule has 0 aliphatic rings. The van der Waals surface area contributed by atoms with E-state index in [1.807, 2.05) is 20.8 Å². The Morgan fingerprint density at radius 2 is 1.25 bits per heavy atom. The molecule has 4 amide bonds. The third kappa shape index (κ3) is 7.94. The van der Waals surface area contributed by atoms with Gasteiger partial charge in [0.2, 0.25) is 11.8 Å². The average molecular weight is 344 g/mol. The van der Waals surface area contributed by atoms with Gasteiger partial charge in [0.15, 0.2) is 0 Å². The van der Waals surface area contributed by atoms with Gasteiger partial charge in [-0.15, -0.1) is 0 Å². The summed E-state index contributed by atoms with van der Waals surface area (Å²) in [6.07, 6.45) is -0.545. The number of alkyl carbamates (subject to hydrolysis) is 2. The second kappa shape index (κ2) is 10.6. The fraction of sp³-hybridized carbons (Fsp3) is 0.750. The molecule has 0 unspecified atom stereocenters. The maximum Gasteiger partial charge on any atom is 0.413 e. The van der Waals surface area contributed by atoms with Crippen molar-refractivity contribution in [1.82, 2.24) is 10.6 Å². The molecule has 2 N–H and O–H groups in total.